The lowest BCUT2D eigenvalue weighted by Crippen LogP contribution is -2.25. The number of hydrogen-bond donors (Lipinski definition) is 2. The quantitative estimate of drug-likeness (QED) is 0.596. The maximum Gasteiger partial charge on any atom is 0.371 e. The molecule has 1 atom stereocenters. The summed E-state index contributed by atoms with van der Waals surface area (Å²) in [4.78, 5) is 23.2. The normalized spacial score (nSPS) is 12.0. The van der Waals surface area contributed by atoms with Crippen LogP contribution >= 0.6 is 23.2 Å². The molecular weight excluding hydrogens is 411 g/mol. The fraction of sp³-hybridized carbons (Fsp3) is 0.158. The Kier molecular flexibility index (Phi) is 6.08. The van der Waals surface area contributed by atoms with E-state index in [1.54, 1.807) is 18.2 Å². The largest absolute Gasteiger partial charge is 0.490 e. The number of aliphatic hydroxyl groups excluding tert-OH is 1. The molecule has 0 spiro atoms. The highest BCUT2D eigenvalue weighted by Crippen LogP contribution is 2.28. The summed E-state index contributed by atoms with van der Waals surface area (Å²) in [7, 11) is 0. The number of hydrogen-bond acceptors (Lipinski definition) is 6. The van der Waals surface area contributed by atoms with E-state index in [0.29, 0.717) is 15.8 Å². The van der Waals surface area contributed by atoms with E-state index in [4.69, 9.17) is 42.2 Å². The first kappa shape index (κ1) is 20.0. The van der Waals surface area contributed by atoms with Crippen LogP contribution in [-0.2, 0) is 0 Å². The molecule has 146 valence electrons. The first-order chi connectivity index (χ1) is 13.3. The van der Waals surface area contributed by atoms with Gasteiger partial charge in [-0.3, -0.25) is 4.79 Å². The molecule has 2 aromatic carbocycles. The van der Waals surface area contributed by atoms with Gasteiger partial charge in [0.05, 0.1) is 5.02 Å². The Balaban J connectivity index is 1.69. The maximum absolute atomic E-state index is 12.2. The fourth-order valence-electron chi connectivity index (χ4n) is 2.42. The molecule has 0 aliphatic rings. The summed E-state index contributed by atoms with van der Waals surface area (Å²) in [6.07, 6.45) is -1.02. The molecule has 0 amide bonds. The van der Waals surface area contributed by atoms with Gasteiger partial charge >= 0.3 is 5.97 Å². The molecule has 1 unspecified atom stereocenters. The molecule has 0 aliphatic carbocycles. The van der Waals surface area contributed by atoms with Crippen LogP contribution in [0.25, 0.3) is 11.0 Å². The van der Waals surface area contributed by atoms with E-state index in [-0.39, 0.29) is 29.9 Å². The van der Waals surface area contributed by atoms with E-state index < -0.39 is 23.3 Å². The molecule has 0 saturated heterocycles. The van der Waals surface area contributed by atoms with Gasteiger partial charge in [-0.1, -0.05) is 29.3 Å². The van der Waals surface area contributed by atoms with Gasteiger partial charge in [-0.05, 0) is 30.3 Å². The predicted molar refractivity (Wildman–Crippen MR) is 103 cm³/mol. The Hall–Kier alpha value is -2.74. The zero-order chi connectivity index (χ0) is 20.3. The maximum atomic E-state index is 12.2. The number of rotatable bonds is 7. The third kappa shape index (κ3) is 4.56. The van der Waals surface area contributed by atoms with Gasteiger partial charge in [0.1, 0.15) is 41.8 Å². The second kappa shape index (κ2) is 8.52. The van der Waals surface area contributed by atoms with E-state index in [1.165, 1.54) is 18.2 Å². The Morgan fingerprint density at radius 1 is 1.07 bits per heavy atom. The molecule has 0 bridgehead atoms. The minimum absolute atomic E-state index is 0.0704. The molecule has 7 nitrogen and oxygen atoms in total. The topological polar surface area (TPSA) is 106 Å². The molecule has 28 heavy (non-hydrogen) atoms. The molecule has 2 N–H and O–H groups in total. The molecule has 3 rings (SSSR count). The summed E-state index contributed by atoms with van der Waals surface area (Å²) >= 11 is 11.8. The molecule has 0 saturated carbocycles. The molecule has 0 fully saturated rings. The fourth-order valence-corrected chi connectivity index (χ4v) is 2.88. The van der Waals surface area contributed by atoms with E-state index in [0.717, 1.165) is 6.07 Å². The number of carboxylic acids is 1. The van der Waals surface area contributed by atoms with Crippen molar-refractivity contribution in [3.05, 3.63) is 68.5 Å². The van der Waals surface area contributed by atoms with Crippen LogP contribution in [0.15, 0.2) is 51.7 Å². The van der Waals surface area contributed by atoms with Crippen molar-refractivity contribution in [3.8, 4) is 11.5 Å². The molecule has 3 aromatic rings. The summed E-state index contributed by atoms with van der Waals surface area (Å²) in [6.45, 7) is -0.283. The lowest BCUT2D eigenvalue weighted by molar-refractivity contribution is 0.0631. The van der Waals surface area contributed by atoms with Gasteiger partial charge in [0.15, 0.2) is 5.43 Å². The first-order valence-electron chi connectivity index (χ1n) is 8.04. The SMILES string of the molecule is O=C(O)c1cc(=O)c2c(OCC(O)COc3ccc(Cl)cc3Cl)cccc2o1. The van der Waals surface area contributed by atoms with Crippen LogP contribution < -0.4 is 14.9 Å². The summed E-state index contributed by atoms with van der Waals surface area (Å²) in [5.41, 5.74) is -0.492. The van der Waals surface area contributed by atoms with Crippen molar-refractivity contribution >= 4 is 40.1 Å². The lowest BCUT2D eigenvalue weighted by Gasteiger charge is -2.15. The van der Waals surface area contributed by atoms with Gasteiger partial charge in [0.25, 0.3) is 0 Å². The molecule has 9 heteroatoms. The number of fused-ring (bicyclic) bond motifs is 1. The van der Waals surface area contributed by atoms with Crippen LogP contribution in [-0.4, -0.2) is 35.5 Å². The summed E-state index contributed by atoms with van der Waals surface area (Å²) in [6, 6.07) is 10.1. The van der Waals surface area contributed by atoms with Crippen LogP contribution in [0.4, 0.5) is 0 Å². The average molecular weight is 425 g/mol. The number of aliphatic hydroxyl groups is 1. The van der Waals surface area contributed by atoms with Gasteiger partial charge in [0.2, 0.25) is 5.76 Å². The number of carbonyl (C=O) groups is 1. The lowest BCUT2D eigenvalue weighted by atomic mass is 10.2. The van der Waals surface area contributed by atoms with Gasteiger partial charge in [-0.15, -0.1) is 0 Å². The highest BCUT2D eigenvalue weighted by molar-refractivity contribution is 6.35. The van der Waals surface area contributed by atoms with Crippen LogP contribution in [0, 0.1) is 0 Å². The Labute approximate surface area is 168 Å². The van der Waals surface area contributed by atoms with Crippen molar-refractivity contribution in [2.75, 3.05) is 13.2 Å². The first-order valence-corrected chi connectivity index (χ1v) is 8.79. The van der Waals surface area contributed by atoms with Crippen molar-refractivity contribution in [3.63, 3.8) is 0 Å². The number of carboxylic acid groups (broad SMARTS) is 1. The van der Waals surface area contributed by atoms with Crippen molar-refractivity contribution in [2.24, 2.45) is 0 Å². The van der Waals surface area contributed by atoms with Crippen LogP contribution in [0.1, 0.15) is 10.6 Å². The Morgan fingerprint density at radius 2 is 1.79 bits per heavy atom. The van der Waals surface area contributed by atoms with Crippen molar-refractivity contribution in [1.29, 1.82) is 0 Å². The zero-order valence-corrected chi connectivity index (χ0v) is 15.7. The highest BCUT2D eigenvalue weighted by atomic mass is 35.5. The van der Waals surface area contributed by atoms with E-state index in [2.05, 4.69) is 0 Å². The second-order valence-corrected chi connectivity index (χ2v) is 6.60. The van der Waals surface area contributed by atoms with Gasteiger partial charge in [-0.25, -0.2) is 4.79 Å². The van der Waals surface area contributed by atoms with Crippen molar-refractivity contribution in [1.82, 2.24) is 0 Å². The Bertz CT molecular complexity index is 1080. The Morgan fingerprint density at radius 3 is 2.46 bits per heavy atom. The van der Waals surface area contributed by atoms with Crippen molar-refractivity contribution in [2.45, 2.75) is 6.10 Å². The smallest absolute Gasteiger partial charge is 0.371 e. The van der Waals surface area contributed by atoms with Crippen LogP contribution in [0.5, 0.6) is 11.5 Å². The molecule has 1 heterocycles. The van der Waals surface area contributed by atoms with Gasteiger partial charge < -0.3 is 24.1 Å². The van der Waals surface area contributed by atoms with E-state index in [9.17, 15) is 14.7 Å². The average Bonchev–Trinajstić information content (AvgIpc) is 2.65. The molecular formula is C19H14Cl2O7. The van der Waals surface area contributed by atoms with E-state index >= 15 is 0 Å². The van der Waals surface area contributed by atoms with Gasteiger partial charge in [-0.2, -0.15) is 0 Å². The summed E-state index contributed by atoms with van der Waals surface area (Å²) < 4.78 is 16.1. The monoisotopic (exact) mass is 424 g/mol. The standard InChI is InChI=1S/C19H14Cl2O7/c20-10-4-5-14(12(21)6-10)26-8-11(22)9-27-15-2-1-3-16-18(15)13(23)7-17(28-16)19(24)25/h1-7,11,22H,8-9H2,(H,24,25). The number of aromatic carboxylic acids is 1. The zero-order valence-electron chi connectivity index (χ0n) is 14.2. The summed E-state index contributed by atoms with van der Waals surface area (Å²) in [5, 5.41) is 19.9. The number of benzene rings is 2. The second-order valence-electron chi connectivity index (χ2n) is 5.76. The van der Waals surface area contributed by atoms with E-state index in [1.807, 2.05) is 0 Å². The number of ether oxygens (including phenoxy) is 2. The third-order valence-electron chi connectivity index (χ3n) is 3.68. The predicted octanol–water partition coefficient (Wildman–Crippen LogP) is 3.62. The minimum atomic E-state index is -1.35. The van der Waals surface area contributed by atoms with Crippen LogP contribution in [0.2, 0.25) is 10.0 Å². The van der Waals surface area contributed by atoms with Crippen molar-refractivity contribution < 1.29 is 28.9 Å². The number of halogens is 2. The molecule has 1 aromatic heterocycles. The molecule has 0 radical (unpaired) electrons. The van der Waals surface area contributed by atoms with Crippen LogP contribution in [0.3, 0.4) is 0 Å². The summed E-state index contributed by atoms with van der Waals surface area (Å²) in [5.74, 6) is -1.30. The third-order valence-corrected chi connectivity index (χ3v) is 4.21. The highest BCUT2D eigenvalue weighted by Gasteiger charge is 2.15. The minimum Gasteiger partial charge on any atom is -0.490 e. The van der Waals surface area contributed by atoms with Gasteiger partial charge in [0, 0.05) is 11.1 Å². The molecule has 0 aliphatic heterocycles.